The van der Waals surface area contributed by atoms with E-state index in [9.17, 15) is 9.59 Å². The van der Waals surface area contributed by atoms with Crippen LogP contribution in [0, 0.1) is 0 Å². The van der Waals surface area contributed by atoms with Gasteiger partial charge in [0.15, 0.2) is 0 Å². The van der Waals surface area contributed by atoms with Gasteiger partial charge in [-0.05, 0) is 50.9 Å². The third kappa shape index (κ3) is 3.20. The van der Waals surface area contributed by atoms with Crippen molar-refractivity contribution in [2.45, 2.75) is 44.1 Å². The molecule has 0 N–H and O–H groups in total. The molecule has 0 aromatic heterocycles. The molecule has 146 valence electrons. The number of hydrogen-bond acceptors (Lipinski definition) is 4. The first-order chi connectivity index (χ1) is 13.2. The Morgan fingerprint density at radius 1 is 1.00 bits per heavy atom. The number of amides is 2. The summed E-state index contributed by atoms with van der Waals surface area (Å²) in [4.78, 5) is 32.3. The number of benzene rings is 1. The number of rotatable bonds is 4. The van der Waals surface area contributed by atoms with Gasteiger partial charge in [-0.3, -0.25) is 14.5 Å². The minimum atomic E-state index is -0.358. The molecule has 0 spiro atoms. The number of piperazine rings is 1. The third-order valence-electron chi connectivity index (χ3n) is 6.42. The summed E-state index contributed by atoms with van der Waals surface area (Å²) >= 11 is 0. The Morgan fingerprint density at radius 3 is 2.37 bits per heavy atom. The first-order valence-electron chi connectivity index (χ1n) is 10.1. The largest absolute Gasteiger partial charge is 0.495 e. The Balaban J connectivity index is 1.50. The van der Waals surface area contributed by atoms with Gasteiger partial charge in [0.05, 0.1) is 12.8 Å². The molecular weight excluding hydrogens is 342 g/mol. The van der Waals surface area contributed by atoms with Gasteiger partial charge in [-0.2, -0.15) is 0 Å². The van der Waals surface area contributed by atoms with Crippen molar-refractivity contribution in [3.05, 3.63) is 24.3 Å². The van der Waals surface area contributed by atoms with Crippen LogP contribution in [-0.2, 0) is 9.59 Å². The van der Waals surface area contributed by atoms with Crippen molar-refractivity contribution in [3.63, 3.8) is 0 Å². The molecule has 2 heterocycles. The fourth-order valence-electron chi connectivity index (χ4n) is 5.02. The molecule has 2 aliphatic heterocycles. The van der Waals surface area contributed by atoms with E-state index in [1.165, 1.54) is 12.8 Å². The number of anilines is 1. The molecule has 0 bridgehead atoms. The Hall–Kier alpha value is -2.08. The number of carbonyl (C=O) groups is 2. The first kappa shape index (κ1) is 18.3. The van der Waals surface area contributed by atoms with E-state index >= 15 is 0 Å². The smallest absolute Gasteiger partial charge is 0.246 e. The molecule has 3 aliphatic rings. The van der Waals surface area contributed by atoms with Crippen LogP contribution >= 0.6 is 0 Å². The summed E-state index contributed by atoms with van der Waals surface area (Å²) in [6, 6.07) is 7.56. The Bertz CT molecular complexity index is 708. The van der Waals surface area contributed by atoms with Crippen LogP contribution in [0.3, 0.4) is 0 Å². The molecule has 27 heavy (non-hydrogen) atoms. The molecule has 3 fully saturated rings. The Labute approximate surface area is 161 Å². The molecule has 6 heteroatoms. The fraction of sp³-hybridized carbons (Fsp3) is 0.619. The normalized spacial score (nSPS) is 23.1. The van der Waals surface area contributed by atoms with Crippen LogP contribution in [0.1, 0.15) is 38.5 Å². The Kier molecular flexibility index (Phi) is 5.08. The number of para-hydroxylation sites is 2. The maximum absolute atomic E-state index is 13.5. The summed E-state index contributed by atoms with van der Waals surface area (Å²) in [5.74, 6) is 0.832. The summed E-state index contributed by atoms with van der Waals surface area (Å²) in [7, 11) is 1.61. The van der Waals surface area contributed by atoms with Crippen molar-refractivity contribution in [1.82, 2.24) is 9.80 Å². The maximum atomic E-state index is 13.5. The zero-order chi connectivity index (χ0) is 18.9. The van der Waals surface area contributed by atoms with Gasteiger partial charge in [-0.1, -0.05) is 25.0 Å². The first-order valence-corrected chi connectivity index (χ1v) is 10.1. The molecule has 2 amide bonds. The molecule has 1 aromatic rings. The highest BCUT2D eigenvalue weighted by atomic mass is 16.5. The lowest BCUT2D eigenvalue weighted by Gasteiger charge is -2.43. The van der Waals surface area contributed by atoms with Crippen LogP contribution in [0.4, 0.5) is 5.69 Å². The summed E-state index contributed by atoms with van der Waals surface area (Å²) in [6.45, 7) is 3.29. The molecule has 0 unspecified atom stereocenters. The SMILES string of the molecule is COc1ccccc1N1CCN(C(=O)C2(N3CCCC3)CCCC2)CC1=O. The number of methoxy groups -OCH3 is 1. The average Bonchev–Trinajstić information content (AvgIpc) is 3.39. The minimum absolute atomic E-state index is 0.0336. The summed E-state index contributed by atoms with van der Waals surface area (Å²) < 4.78 is 5.40. The van der Waals surface area contributed by atoms with E-state index in [1.807, 2.05) is 24.3 Å². The maximum Gasteiger partial charge on any atom is 0.246 e. The predicted octanol–water partition coefficient (Wildman–Crippen LogP) is 2.28. The highest BCUT2D eigenvalue weighted by Gasteiger charge is 2.49. The van der Waals surface area contributed by atoms with Gasteiger partial charge < -0.3 is 14.5 Å². The molecule has 1 aromatic carbocycles. The van der Waals surface area contributed by atoms with Gasteiger partial charge in [-0.15, -0.1) is 0 Å². The lowest BCUT2D eigenvalue weighted by atomic mass is 9.92. The molecule has 0 atom stereocenters. The second-order valence-corrected chi connectivity index (χ2v) is 7.88. The average molecular weight is 371 g/mol. The topological polar surface area (TPSA) is 53.1 Å². The minimum Gasteiger partial charge on any atom is -0.495 e. The number of nitrogens with zero attached hydrogens (tertiary/aromatic N) is 3. The van der Waals surface area contributed by atoms with Crippen molar-refractivity contribution in [2.24, 2.45) is 0 Å². The molecule has 1 saturated carbocycles. The molecular formula is C21H29N3O3. The highest BCUT2D eigenvalue weighted by Crippen LogP contribution is 2.39. The van der Waals surface area contributed by atoms with Crippen molar-refractivity contribution in [2.75, 3.05) is 44.7 Å². The molecule has 0 radical (unpaired) electrons. The summed E-state index contributed by atoms with van der Waals surface area (Å²) in [5, 5.41) is 0. The molecule has 4 rings (SSSR count). The van der Waals surface area contributed by atoms with E-state index in [0.717, 1.165) is 44.5 Å². The molecule has 6 nitrogen and oxygen atoms in total. The lowest BCUT2D eigenvalue weighted by molar-refractivity contribution is -0.147. The number of hydrogen-bond donors (Lipinski definition) is 0. The van der Waals surface area contributed by atoms with Gasteiger partial charge in [0.2, 0.25) is 11.8 Å². The van der Waals surface area contributed by atoms with Crippen LogP contribution in [-0.4, -0.2) is 67.0 Å². The number of likely N-dealkylation sites (tertiary alicyclic amines) is 1. The van der Waals surface area contributed by atoms with Crippen LogP contribution < -0.4 is 9.64 Å². The van der Waals surface area contributed by atoms with Gasteiger partial charge in [0, 0.05) is 13.1 Å². The van der Waals surface area contributed by atoms with Gasteiger partial charge in [0.25, 0.3) is 0 Å². The molecule has 1 aliphatic carbocycles. The highest BCUT2D eigenvalue weighted by molar-refractivity contribution is 6.00. The third-order valence-corrected chi connectivity index (χ3v) is 6.42. The zero-order valence-corrected chi connectivity index (χ0v) is 16.2. The van der Waals surface area contributed by atoms with E-state index < -0.39 is 0 Å². The number of ether oxygens (including phenoxy) is 1. The second kappa shape index (κ2) is 7.50. The Morgan fingerprint density at radius 2 is 1.70 bits per heavy atom. The predicted molar refractivity (Wildman–Crippen MR) is 104 cm³/mol. The monoisotopic (exact) mass is 371 g/mol. The summed E-state index contributed by atoms with van der Waals surface area (Å²) in [5.41, 5.74) is 0.427. The van der Waals surface area contributed by atoms with Crippen LogP contribution in [0.2, 0.25) is 0 Å². The summed E-state index contributed by atoms with van der Waals surface area (Å²) in [6.07, 6.45) is 6.44. The van der Waals surface area contributed by atoms with Crippen LogP contribution in [0.5, 0.6) is 5.75 Å². The lowest BCUT2D eigenvalue weighted by Crippen LogP contribution is -2.62. The zero-order valence-electron chi connectivity index (χ0n) is 16.2. The van der Waals surface area contributed by atoms with Crippen LogP contribution in [0.15, 0.2) is 24.3 Å². The van der Waals surface area contributed by atoms with Crippen molar-refractivity contribution in [3.8, 4) is 5.75 Å². The van der Waals surface area contributed by atoms with Gasteiger partial charge in [0.1, 0.15) is 17.8 Å². The standard InChI is InChI=1S/C21H29N3O3/c1-27-18-9-3-2-8-17(18)24-15-14-22(16-19(24)25)20(26)21(10-4-5-11-21)23-12-6-7-13-23/h2-3,8-9H,4-7,10-16H2,1H3. The van der Waals surface area contributed by atoms with E-state index in [2.05, 4.69) is 4.90 Å². The fourth-order valence-corrected chi connectivity index (χ4v) is 5.02. The van der Waals surface area contributed by atoms with Gasteiger partial charge >= 0.3 is 0 Å². The van der Waals surface area contributed by atoms with E-state index in [-0.39, 0.29) is 23.9 Å². The van der Waals surface area contributed by atoms with Gasteiger partial charge in [-0.25, -0.2) is 0 Å². The van der Waals surface area contributed by atoms with Crippen molar-refractivity contribution in [1.29, 1.82) is 0 Å². The van der Waals surface area contributed by atoms with Crippen LogP contribution in [0.25, 0.3) is 0 Å². The molecule has 2 saturated heterocycles. The van der Waals surface area contributed by atoms with E-state index in [1.54, 1.807) is 16.9 Å². The van der Waals surface area contributed by atoms with Crippen molar-refractivity contribution >= 4 is 17.5 Å². The van der Waals surface area contributed by atoms with Crippen molar-refractivity contribution < 1.29 is 14.3 Å². The quantitative estimate of drug-likeness (QED) is 0.815. The van der Waals surface area contributed by atoms with E-state index in [4.69, 9.17) is 4.74 Å². The van der Waals surface area contributed by atoms with E-state index in [0.29, 0.717) is 18.8 Å². The second-order valence-electron chi connectivity index (χ2n) is 7.88. The number of carbonyl (C=O) groups excluding carboxylic acids is 2.